The van der Waals surface area contributed by atoms with E-state index in [1.165, 1.54) is 6.42 Å². The summed E-state index contributed by atoms with van der Waals surface area (Å²) in [7, 11) is 0. The Hall–Kier alpha value is -4.34. The molecule has 0 saturated heterocycles. The first-order valence-electron chi connectivity index (χ1n) is 16.4. The molecule has 7 rings (SSSR count). The molecule has 10 heteroatoms. The molecule has 2 aromatic carbocycles. The predicted molar refractivity (Wildman–Crippen MR) is 171 cm³/mol. The average Bonchev–Trinajstić information content (AvgIpc) is 3.40. The standard InChI is InChI=1S/C36H43N3O7/c1-36(19-27-20-37-30-10-6-5-9-29(27)30,39-35(45)46-32-24-12-22-11-23(14-24)15-25(32)13-22)34(44)38-28(16-21-7-3-2-4-8-21)17-26(33(42)43)18-31(40)41/h2-10,20,22-26,28,32,37H,11-19H2,1H3,(H,38,44)(H,39,45)(H,40,41)(H,42,43). The fourth-order valence-electron chi connectivity index (χ4n) is 8.55. The van der Waals surface area contributed by atoms with Gasteiger partial charge in [-0.25, -0.2) is 4.79 Å². The first-order valence-corrected chi connectivity index (χ1v) is 16.4. The van der Waals surface area contributed by atoms with Crippen LogP contribution in [0.4, 0.5) is 4.79 Å². The first-order chi connectivity index (χ1) is 22.1. The number of benzene rings is 2. The minimum absolute atomic E-state index is 0.0936. The zero-order valence-corrected chi connectivity index (χ0v) is 26.1. The average molecular weight is 630 g/mol. The number of nitrogens with one attached hydrogen (secondary N) is 3. The van der Waals surface area contributed by atoms with Crippen LogP contribution >= 0.6 is 0 Å². The van der Waals surface area contributed by atoms with Gasteiger partial charge in [-0.2, -0.15) is 0 Å². The van der Waals surface area contributed by atoms with Gasteiger partial charge in [-0.15, -0.1) is 0 Å². The molecule has 244 valence electrons. The van der Waals surface area contributed by atoms with Crippen molar-refractivity contribution < 1.29 is 34.1 Å². The highest BCUT2D eigenvalue weighted by Gasteiger charge is 2.50. The molecule has 46 heavy (non-hydrogen) atoms. The Bertz CT molecular complexity index is 1560. The molecular weight excluding hydrogens is 586 g/mol. The molecular formula is C36H43N3O7. The first kappa shape index (κ1) is 31.6. The molecule has 4 aliphatic carbocycles. The third kappa shape index (κ3) is 7.06. The number of ether oxygens (including phenoxy) is 1. The van der Waals surface area contributed by atoms with Crippen LogP contribution in [-0.2, 0) is 32.0 Å². The van der Waals surface area contributed by atoms with E-state index in [0.29, 0.717) is 11.8 Å². The molecule has 0 radical (unpaired) electrons. The van der Waals surface area contributed by atoms with Gasteiger partial charge in [-0.3, -0.25) is 14.4 Å². The molecule has 5 N–H and O–H groups in total. The highest BCUT2D eigenvalue weighted by atomic mass is 16.6. The topological polar surface area (TPSA) is 158 Å². The molecule has 3 aromatic rings. The van der Waals surface area contributed by atoms with E-state index in [4.69, 9.17) is 4.74 Å². The number of carboxylic acid groups (broad SMARTS) is 2. The van der Waals surface area contributed by atoms with E-state index in [1.807, 2.05) is 60.8 Å². The van der Waals surface area contributed by atoms with Crippen molar-refractivity contribution in [3.8, 4) is 0 Å². The lowest BCUT2D eigenvalue weighted by Gasteiger charge is -2.53. The van der Waals surface area contributed by atoms with Gasteiger partial charge in [0.05, 0.1) is 12.3 Å². The van der Waals surface area contributed by atoms with Crippen LogP contribution in [0.2, 0.25) is 0 Å². The van der Waals surface area contributed by atoms with E-state index < -0.39 is 47.9 Å². The highest BCUT2D eigenvalue weighted by Crippen LogP contribution is 2.54. The second kappa shape index (κ2) is 13.2. The van der Waals surface area contributed by atoms with Crippen molar-refractivity contribution in [3.05, 3.63) is 71.9 Å². The minimum atomic E-state index is -1.46. The number of H-pyrrole nitrogens is 1. The van der Waals surface area contributed by atoms with Crippen LogP contribution in [0.3, 0.4) is 0 Å². The maximum atomic E-state index is 14.3. The number of aromatic nitrogens is 1. The molecule has 3 unspecified atom stereocenters. The number of hydrogen-bond acceptors (Lipinski definition) is 5. The lowest BCUT2D eigenvalue weighted by Crippen LogP contribution is -2.61. The number of hydrogen-bond donors (Lipinski definition) is 5. The van der Waals surface area contributed by atoms with Crippen LogP contribution in [0, 0.1) is 29.6 Å². The fourth-order valence-corrected chi connectivity index (χ4v) is 8.55. The van der Waals surface area contributed by atoms with Gasteiger partial charge in [-0.05, 0) is 92.7 Å². The molecule has 10 nitrogen and oxygen atoms in total. The number of carboxylic acids is 2. The molecule has 0 spiro atoms. The Morgan fingerprint density at radius 1 is 0.935 bits per heavy atom. The number of carbonyl (C=O) groups is 4. The SMILES string of the molecule is CC(Cc1c[nH]c2ccccc12)(NC(=O)OC1C2CC3CC(C2)CC1C3)C(=O)NC(Cc1ccccc1)CC(CC(=O)O)C(=O)O. The van der Waals surface area contributed by atoms with E-state index in [2.05, 4.69) is 15.6 Å². The molecule has 2 amide bonds. The quantitative estimate of drug-likeness (QED) is 0.171. The third-order valence-corrected chi connectivity index (χ3v) is 10.5. The molecule has 4 saturated carbocycles. The summed E-state index contributed by atoms with van der Waals surface area (Å²) in [5.41, 5.74) is 1.13. The summed E-state index contributed by atoms with van der Waals surface area (Å²) < 4.78 is 6.14. The lowest BCUT2D eigenvalue weighted by atomic mass is 9.55. The van der Waals surface area contributed by atoms with E-state index in [9.17, 15) is 29.4 Å². The van der Waals surface area contributed by atoms with Gasteiger partial charge in [-0.1, -0.05) is 48.5 Å². The van der Waals surface area contributed by atoms with Gasteiger partial charge in [0.1, 0.15) is 11.6 Å². The summed E-state index contributed by atoms with van der Waals surface area (Å²) >= 11 is 0. The summed E-state index contributed by atoms with van der Waals surface area (Å²) in [5, 5.41) is 26.1. The monoisotopic (exact) mass is 629 g/mol. The van der Waals surface area contributed by atoms with E-state index in [-0.39, 0.29) is 25.4 Å². The minimum Gasteiger partial charge on any atom is -0.481 e. The lowest BCUT2D eigenvalue weighted by molar-refractivity contribution is -0.148. The number of carbonyl (C=O) groups excluding carboxylic acids is 2. The normalized spacial score (nSPS) is 25.7. The number of aliphatic carboxylic acids is 2. The maximum Gasteiger partial charge on any atom is 0.408 e. The maximum absolute atomic E-state index is 14.3. The van der Waals surface area contributed by atoms with E-state index in [1.54, 1.807) is 6.92 Å². The molecule has 1 heterocycles. The molecule has 4 fully saturated rings. The molecule has 4 bridgehead atoms. The number of para-hydroxylation sites is 1. The van der Waals surface area contributed by atoms with Crippen LogP contribution in [0.5, 0.6) is 0 Å². The van der Waals surface area contributed by atoms with Gasteiger partial charge in [0, 0.05) is 29.6 Å². The zero-order chi connectivity index (χ0) is 32.4. The highest BCUT2D eigenvalue weighted by molar-refractivity contribution is 5.92. The summed E-state index contributed by atoms with van der Waals surface area (Å²) in [6.07, 6.45) is 6.43. The number of amides is 2. The van der Waals surface area contributed by atoms with Gasteiger partial charge in [0.25, 0.3) is 0 Å². The zero-order valence-electron chi connectivity index (χ0n) is 26.1. The third-order valence-electron chi connectivity index (χ3n) is 10.5. The summed E-state index contributed by atoms with van der Waals surface area (Å²) in [5.74, 6) is -2.02. The van der Waals surface area contributed by atoms with Crippen LogP contribution in [0.1, 0.15) is 63.0 Å². The Balaban J connectivity index is 1.25. The Labute approximate surface area is 268 Å². The molecule has 4 aliphatic rings. The van der Waals surface area contributed by atoms with Crippen molar-refractivity contribution in [2.45, 2.75) is 82.4 Å². The molecule has 3 atom stereocenters. The smallest absolute Gasteiger partial charge is 0.408 e. The number of fused-ring (bicyclic) bond motifs is 1. The second-order valence-corrected chi connectivity index (χ2v) is 14.0. The van der Waals surface area contributed by atoms with Gasteiger partial charge in [0.15, 0.2) is 0 Å². The van der Waals surface area contributed by atoms with Crippen molar-refractivity contribution >= 4 is 34.8 Å². The van der Waals surface area contributed by atoms with Gasteiger partial charge < -0.3 is 30.6 Å². The largest absolute Gasteiger partial charge is 0.481 e. The summed E-state index contributed by atoms with van der Waals surface area (Å²) in [6, 6.07) is 16.3. The second-order valence-electron chi connectivity index (χ2n) is 14.0. The Kier molecular flexibility index (Phi) is 9.06. The number of alkyl carbamates (subject to hydrolysis) is 1. The summed E-state index contributed by atoms with van der Waals surface area (Å²) in [6.45, 7) is 1.66. The van der Waals surface area contributed by atoms with Crippen LogP contribution in [0.25, 0.3) is 10.9 Å². The van der Waals surface area contributed by atoms with E-state index in [0.717, 1.165) is 59.5 Å². The summed E-state index contributed by atoms with van der Waals surface area (Å²) in [4.78, 5) is 54.7. The molecule has 1 aromatic heterocycles. The number of aromatic amines is 1. The predicted octanol–water partition coefficient (Wildman–Crippen LogP) is 5.31. The van der Waals surface area contributed by atoms with Gasteiger partial charge >= 0.3 is 18.0 Å². The van der Waals surface area contributed by atoms with Crippen molar-refractivity contribution in [3.63, 3.8) is 0 Å². The van der Waals surface area contributed by atoms with Gasteiger partial charge in [0.2, 0.25) is 5.91 Å². The van der Waals surface area contributed by atoms with Crippen molar-refractivity contribution in [2.75, 3.05) is 0 Å². The van der Waals surface area contributed by atoms with Crippen molar-refractivity contribution in [1.29, 1.82) is 0 Å². The van der Waals surface area contributed by atoms with Crippen LogP contribution in [-0.4, -0.2) is 56.8 Å². The Morgan fingerprint density at radius 2 is 1.59 bits per heavy atom. The number of rotatable bonds is 13. The van der Waals surface area contributed by atoms with Crippen molar-refractivity contribution in [1.82, 2.24) is 15.6 Å². The molecule has 0 aliphatic heterocycles. The van der Waals surface area contributed by atoms with Crippen LogP contribution < -0.4 is 10.6 Å². The fraction of sp³-hybridized carbons (Fsp3) is 0.500. The Morgan fingerprint density at radius 3 is 2.24 bits per heavy atom. The van der Waals surface area contributed by atoms with E-state index >= 15 is 0 Å². The van der Waals surface area contributed by atoms with Crippen LogP contribution in [0.15, 0.2) is 60.8 Å². The van der Waals surface area contributed by atoms with Crippen molar-refractivity contribution in [2.24, 2.45) is 29.6 Å².